The van der Waals surface area contributed by atoms with Crippen molar-refractivity contribution in [3.05, 3.63) is 0 Å². The number of carbonyl (C=O) groups is 1. The fourth-order valence-corrected chi connectivity index (χ4v) is 2.02. The second-order valence-corrected chi connectivity index (χ2v) is 4.68. The lowest BCUT2D eigenvalue weighted by Crippen LogP contribution is -2.33. The third-order valence-corrected chi connectivity index (χ3v) is 3.09. The number of ether oxygens (including phenoxy) is 1. The second kappa shape index (κ2) is 4.86. The molecule has 0 aliphatic carbocycles. The third-order valence-electron chi connectivity index (χ3n) is 2.06. The van der Waals surface area contributed by atoms with Crippen LogP contribution in [0.5, 0.6) is 0 Å². The summed E-state index contributed by atoms with van der Waals surface area (Å²) >= 11 is 1.80. The monoisotopic (exact) mass is 203 g/mol. The summed E-state index contributed by atoms with van der Waals surface area (Å²) in [5, 5.41) is 3.73. The zero-order valence-electron chi connectivity index (χ0n) is 8.37. The van der Waals surface area contributed by atoms with Gasteiger partial charge in [0, 0.05) is 11.8 Å². The maximum Gasteiger partial charge on any atom is 0.323 e. The van der Waals surface area contributed by atoms with Gasteiger partial charge in [0.2, 0.25) is 0 Å². The molecule has 0 aromatic carbocycles. The fourth-order valence-electron chi connectivity index (χ4n) is 1.38. The molecule has 0 aromatic heterocycles. The Morgan fingerprint density at radius 3 is 2.77 bits per heavy atom. The van der Waals surface area contributed by atoms with Crippen LogP contribution in [-0.2, 0) is 9.53 Å². The minimum absolute atomic E-state index is 0.0115. The minimum atomic E-state index is -0.105. The number of hydrogen-bond donors (Lipinski definition) is 1. The van der Waals surface area contributed by atoms with Crippen molar-refractivity contribution in [2.24, 2.45) is 0 Å². The molecule has 1 heterocycles. The van der Waals surface area contributed by atoms with Gasteiger partial charge in [0.15, 0.2) is 0 Å². The summed E-state index contributed by atoms with van der Waals surface area (Å²) in [4.78, 5) is 11.4. The van der Waals surface area contributed by atoms with Gasteiger partial charge in [-0.15, -0.1) is 0 Å². The molecule has 1 aliphatic rings. The van der Waals surface area contributed by atoms with Gasteiger partial charge in [-0.2, -0.15) is 11.8 Å². The number of hydrogen-bond acceptors (Lipinski definition) is 4. The van der Waals surface area contributed by atoms with Gasteiger partial charge in [-0.3, -0.25) is 4.79 Å². The van der Waals surface area contributed by atoms with E-state index in [4.69, 9.17) is 4.74 Å². The quantitative estimate of drug-likeness (QED) is 0.695. The van der Waals surface area contributed by atoms with Crippen LogP contribution in [0.25, 0.3) is 0 Å². The van der Waals surface area contributed by atoms with Crippen molar-refractivity contribution >= 4 is 17.7 Å². The summed E-state index contributed by atoms with van der Waals surface area (Å²) in [6.45, 7) is 4.66. The molecule has 0 radical (unpaired) electrons. The Morgan fingerprint density at radius 2 is 2.31 bits per heavy atom. The Balaban J connectivity index is 2.33. The number of thioether (sulfide) groups is 1. The zero-order chi connectivity index (χ0) is 9.84. The Hall–Kier alpha value is -0.220. The molecule has 0 saturated carbocycles. The van der Waals surface area contributed by atoms with Crippen molar-refractivity contribution in [3.8, 4) is 0 Å². The first-order valence-corrected chi connectivity index (χ1v) is 5.89. The number of rotatable bonds is 3. The van der Waals surface area contributed by atoms with E-state index in [1.54, 1.807) is 11.8 Å². The maximum atomic E-state index is 11.4. The van der Waals surface area contributed by atoms with Crippen LogP contribution < -0.4 is 5.32 Å². The average Bonchev–Trinajstić information content (AvgIpc) is 2.50. The molecule has 4 heteroatoms. The Bertz CT molecular complexity index is 184. The van der Waals surface area contributed by atoms with Crippen LogP contribution in [0.3, 0.4) is 0 Å². The van der Waals surface area contributed by atoms with Gasteiger partial charge in [-0.25, -0.2) is 0 Å². The molecule has 0 bridgehead atoms. The predicted octanol–water partition coefficient (Wildman–Crippen LogP) is 1.03. The van der Waals surface area contributed by atoms with Gasteiger partial charge in [-0.05, 0) is 26.5 Å². The van der Waals surface area contributed by atoms with Gasteiger partial charge >= 0.3 is 5.97 Å². The molecule has 1 N–H and O–H groups in total. The molecule has 3 nitrogen and oxygen atoms in total. The van der Waals surface area contributed by atoms with Crippen LogP contribution >= 0.6 is 11.8 Å². The van der Waals surface area contributed by atoms with E-state index in [0.29, 0.717) is 5.25 Å². The highest BCUT2D eigenvalue weighted by molar-refractivity contribution is 7.99. The average molecular weight is 203 g/mol. The smallest absolute Gasteiger partial charge is 0.323 e. The fraction of sp³-hybridized carbons (Fsp3) is 0.889. The highest BCUT2D eigenvalue weighted by Gasteiger charge is 2.30. The Kier molecular flexibility index (Phi) is 4.06. The first-order chi connectivity index (χ1) is 6.13. The van der Waals surface area contributed by atoms with Gasteiger partial charge in [0.25, 0.3) is 0 Å². The lowest BCUT2D eigenvalue weighted by molar-refractivity contribution is -0.149. The van der Waals surface area contributed by atoms with Gasteiger partial charge < -0.3 is 10.1 Å². The molecule has 1 aliphatic heterocycles. The predicted molar refractivity (Wildman–Crippen MR) is 54.9 cm³/mol. The van der Waals surface area contributed by atoms with E-state index in [2.05, 4.69) is 11.6 Å². The van der Waals surface area contributed by atoms with Crippen molar-refractivity contribution in [2.45, 2.75) is 37.7 Å². The second-order valence-electron chi connectivity index (χ2n) is 3.54. The van der Waals surface area contributed by atoms with Crippen molar-refractivity contribution in [2.75, 3.05) is 12.8 Å². The zero-order valence-corrected chi connectivity index (χ0v) is 9.19. The van der Waals surface area contributed by atoms with Crippen molar-refractivity contribution in [1.29, 1.82) is 0 Å². The molecule has 1 fully saturated rings. The summed E-state index contributed by atoms with van der Waals surface area (Å²) in [5.41, 5.74) is 0. The molecule has 76 valence electrons. The molecular formula is C9H17NO2S. The topological polar surface area (TPSA) is 38.3 Å². The maximum absolute atomic E-state index is 11.4. The van der Waals surface area contributed by atoms with Gasteiger partial charge in [0.1, 0.15) is 6.04 Å². The standard InChI is InChI=1S/C9H17NO2S/c1-6(2)12-9(11)8-4-7(13-3)5-10-8/h6-8,10H,4-5H2,1-3H3. The lowest BCUT2D eigenvalue weighted by atomic mass is 10.2. The van der Waals surface area contributed by atoms with Crippen LogP contribution in [0.2, 0.25) is 0 Å². The molecule has 1 rings (SSSR count). The van der Waals surface area contributed by atoms with Crippen LogP contribution in [-0.4, -0.2) is 36.2 Å². The van der Waals surface area contributed by atoms with E-state index in [0.717, 1.165) is 13.0 Å². The molecule has 0 spiro atoms. The van der Waals surface area contributed by atoms with E-state index in [-0.39, 0.29) is 18.1 Å². The van der Waals surface area contributed by atoms with E-state index in [9.17, 15) is 4.79 Å². The molecule has 0 aromatic rings. The number of esters is 1. The van der Waals surface area contributed by atoms with Crippen LogP contribution in [0, 0.1) is 0 Å². The molecule has 2 unspecified atom stereocenters. The van der Waals surface area contributed by atoms with Crippen molar-refractivity contribution in [1.82, 2.24) is 5.32 Å². The molecular weight excluding hydrogens is 186 g/mol. The van der Waals surface area contributed by atoms with E-state index < -0.39 is 0 Å². The summed E-state index contributed by atoms with van der Waals surface area (Å²) in [6, 6.07) is -0.0835. The van der Waals surface area contributed by atoms with Crippen molar-refractivity contribution in [3.63, 3.8) is 0 Å². The van der Waals surface area contributed by atoms with Gasteiger partial charge in [0.05, 0.1) is 6.10 Å². The van der Waals surface area contributed by atoms with Crippen LogP contribution in [0.1, 0.15) is 20.3 Å². The molecule has 2 atom stereocenters. The van der Waals surface area contributed by atoms with E-state index >= 15 is 0 Å². The van der Waals surface area contributed by atoms with Gasteiger partial charge in [-0.1, -0.05) is 0 Å². The first kappa shape index (κ1) is 10.9. The highest BCUT2D eigenvalue weighted by atomic mass is 32.2. The van der Waals surface area contributed by atoms with Crippen molar-refractivity contribution < 1.29 is 9.53 Å². The normalized spacial score (nSPS) is 28.0. The summed E-state index contributed by atoms with van der Waals surface area (Å²) in [6.07, 6.45) is 2.96. The van der Waals surface area contributed by atoms with E-state index in [1.165, 1.54) is 0 Å². The molecule has 13 heavy (non-hydrogen) atoms. The van der Waals surface area contributed by atoms with Crippen LogP contribution in [0.4, 0.5) is 0 Å². The minimum Gasteiger partial charge on any atom is -0.462 e. The number of nitrogens with one attached hydrogen (secondary N) is 1. The molecule has 0 amide bonds. The van der Waals surface area contributed by atoms with Crippen LogP contribution in [0.15, 0.2) is 0 Å². The first-order valence-electron chi connectivity index (χ1n) is 4.60. The van der Waals surface area contributed by atoms with E-state index in [1.807, 2.05) is 13.8 Å². The largest absolute Gasteiger partial charge is 0.462 e. The Labute approximate surface area is 83.6 Å². The Morgan fingerprint density at radius 1 is 1.62 bits per heavy atom. The lowest BCUT2D eigenvalue weighted by Gasteiger charge is -2.12. The summed E-state index contributed by atoms with van der Waals surface area (Å²) in [7, 11) is 0. The number of carbonyl (C=O) groups excluding carboxylic acids is 1. The SMILES string of the molecule is CSC1CNC(C(=O)OC(C)C)C1. The summed E-state index contributed by atoms with van der Waals surface area (Å²) in [5.74, 6) is -0.105. The third kappa shape index (κ3) is 3.19. The summed E-state index contributed by atoms with van der Waals surface area (Å²) < 4.78 is 5.12. The molecule has 1 saturated heterocycles. The highest BCUT2D eigenvalue weighted by Crippen LogP contribution is 2.19.